The van der Waals surface area contributed by atoms with Crippen LogP contribution in [0.1, 0.15) is 26.3 Å². The maximum absolute atomic E-state index is 3.38. The Morgan fingerprint density at radius 1 is 0.941 bits per heavy atom. The highest BCUT2D eigenvalue weighted by atomic mass is 28.3. The van der Waals surface area contributed by atoms with Gasteiger partial charge in [0.2, 0.25) is 0 Å². The molecule has 0 saturated heterocycles. The minimum absolute atomic E-state index is 0.300. The Morgan fingerprint density at radius 3 is 2.06 bits per heavy atom. The van der Waals surface area contributed by atoms with Crippen molar-refractivity contribution in [1.82, 2.24) is 0 Å². The van der Waals surface area contributed by atoms with Crippen molar-refractivity contribution in [2.75, 3.05) is 0 Å². The molecule has 0 aliphatic rings. The maximum Gasteiger partial charge on any atom is 0.139 e. The third kappa shape index (κ3) is 4.14. The second-order valence-corrected chi connectivity index (χ2v) is 10.7. The number of hydrogen-bond acceptors (Lipinski definition) is 0. The third-order valence-electron chi connectivity index (χ3n) is 3.29. The van der Waals surface area contributed by atoms with Crippen LogP contribution in [-0.4, -0.2) is 8.07 Å². The van der Waals surface area contributed by atoms with Gasteiger partial charge in [-0.15, -0.1) is 5.54 Å². The van der Waals surface area contributed by atoms with Crippen LogP contribution in [0.5, 0.6) is 0 Å². The van der Waals surface area contributed by atoms with Gasteiger partial charge in [0.15, 0.2) is 0 Å². The molecule has 0 aliphatic heterocycles. The Bertz CT molecular complexity index is 482. The van der Waals surface area contributed by atoms with E-state index in [1.165, 1.54) is 0 Å². The summed E-state index contributed by atoms with van der Waals surface area (Å²) in [4.78, 5) is 0. The van der Waals surface area contributed by atoms with E-state index in [4.69, 9.17) is 0 Å². The molecule has 0 N–H and O–H groups in total. The van der Waals surface area contributed by atoms with Crippen LogP contribution >= 0.6 is 0 Å². The summed E-state index contributed by atoms with van der Waals surface area (Å²) in [6.45, 7) is 11.4. The molecule has 1 heteroatoms. The standard InChI is InChI=1S/C16H20Si/c1-16(2,3)17(4,5)14-10-9-13-15-11-7-6-8-12-15/h6-8,11-12H,1-5H3. The van der Waals surface area contributed by atoms with E-state index in [0.717, 1.165) is 5.56 Å². The molecule has 0 bridgehead atoms. The van der Waals surface area contributed by atoms with Gasteiger partial charge in [0.1, 0.15) is 8.07 Å². The first-order valence-electron chi connectivity index (χ1n) is 5.91. The molecule has 0 amide bonds. The summed E-state index contributed by atoms with van der Waals surface area (Å²) < 4.78 is 0. The first kappa shape index (κ1) is 13.6. The molecule has 0 fully saturated rings. The Kier molecular flexibility index (Phi) is 4.21. The lowest BCUT2D eigenvalue weighted by Crippen LogP contribution is -2.35. The summed E-state index contributed by atoms with van der Waals surface area (Å²) >= 11 is 0. The SMILES string of the molecule is CC(C)(C)[Si](C)(C)C#CC#Cc1ccccc1. The molecule has 0 aliphatic carbocycles. The molecule has 0 atom stereocenters. The molecule has 0 spiro atoms. The van der Waals surface area contributed by atoms with Crippen molar-refractivity contribution < 1.29 is 0 Å². The highest BCUT2D eigenvalue weighted by Crippen LogP contribution is 2.34. The van der Waals surface area contributed by atoms with Crippen LogP contribution in [0, 0.1) is 23.3 Å². The number of benzene rings is 1. The fraction of sp³-hybridized carbons (Fsp3) is 0.375. The molecule has 1 aromatic rings. The van der Waals surface area contributed by atoms with E-state index in [1.807, 2.05) is 30.3 Å². The van der Waals surface area contributed by atoms with Gasteiger partial charge in [-0.05, 0) is 29.0 Å². The Hall–Kier alpha value is -1.44. The molecule has 0 aromatic heterocycles. The van der Waals surface area contributed by atoms with Gasteiger partial charge in [-0.25, -0.2) is 0 Å². The van der Waals surface area contributed by atoms with E-state index in [-0.39, 0.29) is 0 Å². The normalized spacial score (nSPS) is 10.9. The van der Waals surface area contributed by atoms with Crippen LogP contribution in [0.4, 0.5) is 0 Å². The van der Waals surface area contributed by atoms with Crippen molar-refractivity contribution in [3.05, 3.63) is 35.9 Å². The van der Waals surface area contributed by atoms with E-state index in [0.29, 0.717) is 5.04 Å². The van der Waals surface area contributed by atoms with Gasteiger partial charge >= 0.3 is 0 Å². The van der Waals surface area contributed by atoms with Crippen molar-refractivity contribution in [3.63, 3.8) is 0 Å². The zero-order valence-electron chi connectivity index (χ0n) is 11.4. The monoisotopic (exact) mass is 240 g/mol. The van der Waals surface area contributed by atoms with Crippen molar-refractivity contribution in [3.8, 4) is 23.3 Å². The zero-order valence-corrected chi connectivity index (χ0v) is 12.4. The minimum Gasteiger partial charge on any atom is -0.117 e. The molecule has 1 aromatic carbocycles. The summed E-state index contributed by atoms with van der Waals surface area (Å²) in [5.74, 6) is 9.05. The zero-order chi connectivity index (χ0) is 12.9. The predicted octanol–water partition coefficient (Wildman–Crippen LogP) is 4.09. The molecular formula is C16H20Si. The molecule has 0 unspecified atom stereocenters. The van der Waals surface area contributed by atoms with Crippen LogP contribution in [0.3, 0.4) is 0 Å². The fourth-order valence-corrected chi connectivity index (χ4v) is 1.75. The van der Waals surface area contributed by atoms with E-state index in [2.05, 4.69) is 57.2 Å². The van der Waals surface area contributed by atoms with Gasteiger partial charge in [0.25, 0.3) is 0 Å². The third-order valence-corrected chi connectivity index (χ3v) is 7.79. The second kappa shape index (κ2) is 5.26. The van der Waals surface area contributed by atoms with Gasteiger partial charge in [-0.2, -0.15) is 0 Å². The maximum atomic E-state index is 3.38. The van der Waals surface area contributed by atoms with Crippen molar-refractivity contribution in [2.45, 2.75) is 38.9 Å². The molecule has 0 radical (unpaired) electrons. The predicted molar refractivity (Wildman–Crippen MR) is 78.3 cm³/mol. The lowest BCUT2D eigenvalue weighted by molar-refractivity contribution is 0.731. The lowest BCUT2D eigenvalue weighted by atomic mass is 10.2. The van der Waals surface area contributed by atoms with Crippen LogP contribution in [0.15, 0.2) is 30.3 Å². The summed E-state index contributed by atoms with van der Waals surface area (Å²) in [5, 5.41) is 0.300. The average molecular weight is 240 g/mol. The quantitative estimate of drug-likeness (QED) is 0.473. The number of rotatable bonds is 0. The minimum atomic E-state index is -1.51. The van der Waals surface area contributed by atoms with E-state index >= 15 is 0 Å². The van der Waals surface area contributed by atoms with Crippen molar-refractivity contribution in [2.24, 2.45) is 0 Å². The van der Waals surface area contributed by atoms with Crippen LogP contribution in [0.25, 0.3) is 0 Å². The van der Waals surface area contributed by atoms with Gasteiger partial charge < -0.3 is 0 Å². The summed E-state index contributed by atoms with van der Waals surface area (Å²) in [6, 6.07) is 9.98. The molecule has 88 valence electrons. The topological polar surface area (TPSA) is 0 Å². The summed E-state index contributed by atoms with van der Waals surface area (Å²) in [5.41, 5.74) is 4.41. The number of hydrogen-bond donors (Lipinski definition) is 0. The first-order valence-corrected chi connectivity index (χ1v) is 8.91. The average Bonchev–Trinajstić information content (AvgIpc) is 2.24. The van der Waals surface area contributed by atoms with Crippen LogP contribution in [0.2, 0.25) is 18.1 Å². The van der Waals surface area contributed by atoms with E-state index in [1.54, 1.807) is 0 Å². The highest BCUT2D eigenvalue weighted by molar-refractivity contribution is 6.87. The first-order chi connectivity index (χ1) is 7.83. The molecule has 1 rings (SSSR count). The van der Waals surface area contributed by atoms with Gasteiger partial charge in [0, 0.05) is 5.56 Å². The van der Waals surface area contributed by atoms with Gasteiger partial charge in [-0.1, -0.05) is 58.0 Å². The molecule has 0 saturated carbocycles. The fourth-order valence-electron chi connectivity index (χ4n) is 1.000. The van der Waals surface area contributed by atoms with Crippen LogP contribution in [-0.2, 0) is 0 Å². The van der Waals surface area contributed by atoms with Crippen molar-refractivity contribution >= 4 is 8.07 Å². The smallest absolute Gasteiger partial charge is 0.117 e. The molecule has 0 heterocycles. The Labute approximate surface area is 106 Å². The largest absolute Gasteiger partial charge is 0.139 e. The highest BCUT2D eigenvalue weighted by Gasteiger charge is 2.33. The summed E-state index contributed by atoms with van der Waals surface area (Å²) in [7, 11) is -1.51. The molecular weight excluding hydrogens is 220 g/mol. The van der Waals surface area contributed by atoms with Crippen LogP contribution < -0.4 is 0 Å². The van der Waals surface area contributed by atoms with Gasteiger partial charge in [0.05, 0.1) is 0 Å². The summed E-state index contributed by atoms with van der Waals surface area (Å²) in [6.07, 6.45) is 0. The lowest BCUT2D eigenvalue weighted by Gasteiger charge is -2.31. The van der Waals surface area contributed by atoms with E-state index < -0.39 is 8.07 Å². The van der Waals surface area contributed by atoms with Crippen molar-refractivity contribution in [1.29, 1.82) is 0 Å². The second-order valence-electron chi connectivity index (χ2n) is 5.74. The Balaban J connectivity index is 2.80. The van der Waals surface area contributed by atoms with E-state index in [9.17, 15) is 0 Å². The molecule has 0 nitrogen and oxygen atoms in total. The van der Waals surface area contributed by atoms with Gasteiger partial charge in [-0.3, -0.25) is 0 Å². The molecule has 17 heavy (non-hydrogen) atoms. The Morgan fingerprint density at radius 2 is 1.53 bits per heavy atom.